The van der Waals surface area contributed by atoms with Gasteiger partial charge in [0.15, 0.2) is 0 Å². The van der Waals surface area contributed by atoms with E-state index in [0.717, 1.165) is 43.7 Å². The lowest BCUT2D eigenvalue weighted by atomic mass is 10.0. The monoisotopic (exact) mass is 449 g/mol. The molecule has 8 heteroatoms. The second kappa shape index (κ2) is 10.6. The van der Waals surface area contributed by atoms with Gasteiger partial charge in [-0.2, -0.15) is 0 Å². The zero-order chi connectivity index (χ0) is 21.5. The Morgan fingerprint density at radius 3 is 2.67 bits per heavy atom. The molecule has 1 unspecified atom stereocenters. The van der Waals surface area contributed by atoms with Crippen LogP contribution in [0.4, 0.5) is 5.82 Å². The predicted molar refractivity (Wildman–Crippen MR) is 118 cm³/mol. The fourth-order valence-electron chi connectivity index (χ4n) is 3.57. The number of carboxylic acids is 1. The van der Waals surface area contributed by atoms with Gasteiger partial charge in [-0.1, -0.05) is 29.3 Å². The number of nitrogens with one attached hydrogen (secondary N) is 2. The van der Waals surface area contributed by atoms with Crippen molar-refractivity contribution in [3.63, 3.8) is 0 Å². The van der Waals surface area contributed by atoms with E-state index in [-0.39, 0.29) is 12.3 Å². The second-order valence-electron chi connectivity index (χ2n) is 7.47. The van der Waals surface area contributed by atoms with E-state index in [1.165, 1.54) is 5.56 Å². The van der Waals surface area contributed by atoms with Gasteiger partial charge in [0.05, 0.1) is 12.5 Å². The summed E-state index contributed by atoms with van der Waals surface area (Å²) < 4.78 is 0. The van der Waals surface area contributed by atoms with Crippen molar-refractivity contribution >= 4 is 40.9 Å². The van der Waals surface area contributed by atoms with Crippen LogP contribution in [0.15, 0.2) is 30.3 Å². The molecule has 1 aliphatic heterocycles. The van der Waals surface area contributed by atoms with Gasteiger partial charge in [0.1, 0.15) is 5.82 Å². The Morgan fingerprint density at radius 1 is 1.17 bits per heavy atom. The number of carboxylic acid groups (broad SMARTS) is 1. The van der Waals surface area contributed by atoms with Gasteiger partial charge >= 0.3 is 5.97 Å². The number of unbranched alkanes of at least 4 members (excludes halogenated alkanes) is 1. The van der Waals surface area contributed by atoms with E-state index in [1.807, 2.05) is 0 Å². The number of aromatic nitrogens is 1. The molecule has 1 aliphatic rings. The number of carbonyl (C=O) groups excluding carboxylic acids is 1. The topological polar surface area (TPSA) is 91.3 Å². The molecule has 3 rings (SSSR count). The summed E-state index contributed by atoms with van der Waals surface area (Å²) in [6.07, 6.45) is 4.57. The fraction of sp³-hybridized carbons (Fsp3) is 0.409. The maximum absolute atomic E-state index is 12.4. The average Bonchev–Trinajstić information content (AvgIpc) is 2.69. The lowest BCUT2D eigenvalue weighted by Gasteiger charge is -2.18. The summed E-state index contributed by atoms with van der Waals surface area (Å²) in [6, 6.07) is 8.31. The third kappa shape index (κ3) is 6.61. The number of halogens is 2. The average molecular weight is 450 g/mol. The SMILES string of the molecule is O=C(O)CC(NC(=O)CCCCc1ccc2c(n1)NCCC2)c1cc(Cl)cc(Cl)c1. The summed E-state index contributed by atoms with van der Waals surface area (Å²) in [7, 11) is 0. The van der Waals surface area contributed by atoms with E-state index in [9.17, 15) is 14.7 Å². The van der Waals surface area contributed by atoms with Crippen LogP contribution in [0, 0.1) is 0 Å². The Morgan fingerprint density at radius 2 is 1.93 bits per heavy atom. The molecule has 160 valence electrons. The van der Waals surface area contributed by atoms with Gasteiger partial charge in [-0.15, -0.1) is 0 Å². The van der Waals surface area contributed by atoms with Crippen LogP contribution in [0.25, 0.3) is 0 Å². The van der Waals surface area contributed by atoms with Crippen LogP contribution in [0.2, 0.25) is 10.0 Å². The minimum absolute atomic E-state index is 0.197. The highest BCUT2D eigenvalue weighted by Crippen LogP contribution is 2.26. The first-order valence-electron chi connectivity index (χ1n) is 10.1. The Kier molecular flexibility index (Phi) is 7.94. The number of amides is 1. The summed E-state index contributed by atoms with van der Waals surface area (Å²) in [5, 5.41) is 16.1. The van der Waals surface area contributed by atoms with Gasteiger partial charge in [0.2, 0.25) is 5.91 Å². The molecule has 3 N–H and O–H groups in total. The van der Waals surface area contributed by atoms with Crippen molar-refractivity contribution in [3.05, 3.63) is 57.2 Å². The van der Waals surface area contributed by atoms with Crippen LogP contribution in [0.1, 0.15) is 55.0 Å². The number of aliphatic carboxylic acids is 1. The zero-order valence-electron chi connectivity index (χ0n) is 16.6. The van der Waals surface area contributed by atoms with Crippen LogP contribution < -0.4 is 10.6 Å². The molecule has 1 atom stereocenters. The number of hydrogen-bond donors (Lipinski definition) is 3. The van der Waals surface area contributed by atoms with E-state index < -0.39 is 12.0 Å². The number of pyridine rings is 1. The van der Waals surface area contributed by atoms with Crippen LogP contribution in [0.3, 0.4) is 0 Å². The maximum Gasteiger partial charge on any atom is 0.305 e. The highest BCUT2D eigenvalue weighted by atomic mass is 35.5. The quantitative estimate of drug-likeness (QED) is 0.478. The van der Waals surface area contributed by atoms with Crippen molar-refractivity contribution in [2.45, 2.75) is 51.0 Å². The third-order valence-corrected chi connectivity index (χ3v) is 5.48. The van der Waals surface area contributed by atoms with Crippen molar-refractivity contribution < 1.29 is 14.7 Å². The van der Waals surface area contributed by atoms with E-state index in [0.29, 0.717) is 28.5 Å². The van der Waals surface area contributed by atoms with E-state index in [4.69, 9.17) is 23.2 Å². The molecule has 0 saturated carbocycles. The van der Waals surface area contributed by atoms with Crippen LogP contribution in [0.5, 0.6) is 0 Å². The molecule has 0 spiro atoms. The number of fused-ring (bicyclic) bond motifs is 1. The second-order valence-corrected chi connectivity index (χ2v) is 8.34. The van der Waals surface area contributed by atoms with Crippen molar-refractivity contribution in [1.82, 2.24) is 10.3 Å². The number of benzene rings is 1. The molecule has 0 radical (unpaired) electrons. The molecule has 2 aromatic rings. The first kappa shape index (κ1) is 22.4. The molecule has 2 heterocycles. The Labute approximate surface area is 186 Å². The summed E-state index contributed by atoms with van der Waals surface area (Å²) in [5.74, 6) is -0.228. The Bertz CT molecular complexity index is 900. The number of carbonyl (C=O) groups is 2. The minimum Gasteiger partial charge on any atom is -0.481 e. The smallest absolute Gasteiger partial charge is 0.305 e. The van der Waals surface area contributed by atoms with Gasteiger partial charge in [0.25, 0.3) is 0 Å². The van der Waals surface area contributed by atoms with E-state index in [1.54, 1.807) is 18.2 Å². The zero-order valence-corrected chi connectivity index (χ0v) is 18.1. The van der Waals surface area contributed by atoms with Crippen molar-refractivity contribution in [1.29, 1.82) is 0 Å². The molecular weight excluding hydrogens is 425 g/mol. The summed E-state index contributed by atoms with van der Waals surface area (Å²) in [6.45, 7) is 0.957. The standard InChI is InChI=1S/C22H25Cl2N3O3/c23-16-10-15(11-17(24)12-16)19(13-21(29)30)27-20(28)6-2-1-5-18-8-7-14-4-3-9-25-22(14)26-18/h7-8,10-12,19H,1-6,9,13H2,(H,25,26)(H,27,28)(H,29,30). The summed E-state index contributed by atoms with van der Waals surface area (Å²) in [5.41, 5.74) is 2.85. The number of anilines is 1. The number of aryl methyl sites for hydroxylation is 2. The van der Waals surface area contributed by atoms with Crippen LogP contribution in [-0.2, 0) is 22.4 Å². The summed E-state index contributed by atoms with van der Waals surface area (Å²) >= 11 is 12.0. The molecule has 1 aromatic heterocycles. The number of nitrogens with zero attached hydrogens (tertiary/aromatic N) is 1. The normalized spacial score (nSPS) is 13.8. The van der Waals surface area contributed by atoms with Crippen molar-refractivity contribution in [3.8, 4) is 0 Å². The number of hydrogen-bond acceptors (Lipinski definition) is 4. The third-order valence-electron chi connectivity index (χ3n) is 5.04. The Hall–Kier alpha value is -2.31. The van der Waals surface area contributed by atoms with Gasteiger partial charge < -0.3 is 15.7 Å². The molecule has 0 fully saturated rings. The molecule has 1 amide bonds. The summed E-state index contributed by atoms with van der Waals surface area (Å²) in [4.78, 5) is 28.3. The molecular formula is C22H25Cl2N3O3. The van der Waals surface area contributed by atoms with Crippen molar-refractivity contribution in [2.24, 2.45) is 0 Å². The molecule has 0 bridgehead atoms. The maximum atomic E-state index is 12.4. The molecule has 0 aliphatic carbocycles. The van der Waals surface area contributed by atoms with Gasteiger partial charge in [-0.3, -0.25) is 9.59 Å². The van der Waals surface area contributed by atoms with E-state index in [2.05, 4.69) is 27.8 Å². The lowest BCUT2D eigenvalue weighted by molar-refractivity contribution is -0.137. The highest BCUT2D eigenvalue weighted by molar-refractivity contribution is 6.34. The van der Waals surface area contributed by atoms with Crippen LogP contribution in [-0.4, -0.2) is 28.5 Å². The first-order chi connectivity index (χ1) is 14.4. The molecule has 6 nitrogen and oxygen atoms in total. The lowest BCUT2D eigenvalue weighted by Crippen LogP contribution is -2.30. The van der Waals surface area contributed by atoms with Gasteiger partial charge in [-0.25, -0.2) is 4.98 Å². The number of rotatable bonds is 9. The molecule has 0 saturated heterocycles. The van der Waals surface area contributed by atoms with E-state index >= 15 is 0 Å². The minimum atomic E-state index is -1.01. The van der Waals surface area contributed by atoms with Gasteiger partial charge in [0, 0.05) is 28.7 Å². The highest BCUT2D eigenvalue weighted by Gasteiger charge is 2.19. The first-order valence-corrected chi connectivity index (χ1v) is 10.9. The van der Waals surface area contributed by atoms with Crippen molar-refractivity contribution in [2.75, 3.05) is 11.9 Å². The predicted octanol–water partition coefficient (Wildman–Crippen LogP) is 4.79. The van der Waals surface area contributed by atoms with Gasteiger partial charge in [-0.05, 0) is 67.5 Å². The molecule has 1 aromatic carbocycles. The fourth-order valence-corrected chi connectivity index (χ4v) is 4.11. The largest absolute Gasteiger partial charge is 0.481 e. The molecule has 30 heavy (non-hydrogen) atoms. The van der Waals surface area contributed by atoms with Crippen LogP contribution >= 0.6 is 23.2 Å². The Balaban J connectivity index is 1.50.